The fourth-order valence-electron chi connectivity index (χ4n) is 1.91. The smallest absolute Gasteiger partial charge is 0.379 e. The van der Waals surface area contributed by atoms with Crippen LogP contribution in [0.4, 0.5) is 57.1 Å². The highest BCUT2D eigenvalue weighted by Gasteiger charge is 2.92. The van der Waals surface area contributed by atoms with Crippen molar-refractivity contribution >= 4 is 0 Å². The number of nitrogens with zero attached hydrogens (tertiary/aromatic N) is 1. The Morgan fingerprint density at radius 2 is 1.07 bits per heavy atom. The van der Waals surface area contributed by atoms with Crippen LogP contribution in [0, 0.1) is 0 Å². The third-order valence-electron chi connectivity index (χ3n) is 3.77. The molecule has 162 valence electrons. The Morgan fingerprint density at radius 3 is 1.43 bits per heavy atom. The van der Waals surface area contributed by atoms with E-state index in [9.17, 15) is 62.2 Å². The maximum atomic E-state index is 14.0. The lowest BCUT2D eigenvalue weighted by Gasteiger charge is -2.43. The molecule has 0 radical (unpaired) electrons. The zero-order chi connectivity index (χ0) is 22.6. The molecule has 0 aromatic carbocycles. The zero-order valence-electron chi connectivity index (χ0n) is 13.1. The average Bonchev–Trinajstić information content (AvgIpc) is 2.53. The summed E-state index contributed by atoms with van der Waals surface area (Å²) in [6, 6.07) is 1.14. The van der Waals surface area contributed by atoms with Crippen LogP contribution >= 0.6 is 0 Å². The summed E-state index contributed by atoms with van der Waals surface area (Å²) in [5, 5.41) is 9.58. The van der Waals surface area contributed by atoms with E-state index in [0.29, 0.717) is 6.07 Å². The molecule has 0 spiro atoms. The predicted octanol–water partition coefficient (Wildman–Crippen LogP) is 5.03. The van der Waals surface area contributed by atoms with Gasteiger partial charge in [-0.3, -0.25) is 4.98 Å². The first-order chi connectivity index (χ1) is 12.1. The molecule has 0 amide bonds. The van der Waals surface area contributed by atoms with Crippen LogP contribution in [0.25, 0.3) is 0 Å². The molecule has 1 aromatic heterocycles. The van der Waals surface area contributed by atoms with Crippen molar-refractivity contribution in [3.05, 3.63) is 30.1 Å². The second kappa shape index (κ2) is 6.35. The van der Waals surface area contributed by atoms with E-state index in [-0.39, 0.29) is 13.1 Å². The van der Waals surface area contributed by atoms with Gasteiger partial charge in [-0.25, -0.2) is 0 Å². The number of hydrogen-bond donors (Lipinski definition) is 1. The first kappa shape index (κ1) is 24.2. The molecule has 1 aromatic rings. The number of alkyl halides is 13. The Kier molecular flexibility index (Phi) is 5.50. The third kappa shape index (κ3) is 2.97. The molecule has 0 aliphatic rings. The second-order valence-corrected chi connectivity index (χ2v) is 5.68. The molecule has 1 heterocycles. The van der Waals surface area contributed by atoms with Crippen molar-refractivity contribution < 1.29 is 62.2 Å². The molecule has 1 unspecified atom stereocenters. The summed E-state index contributed by atoms with van der Waals surface area (Å²) in [6.45, 7) is -0.270. The van der Waals surface area contributed by atoms with E-state index in [1.165, 1.54) is 0 Å². The van der Waals surface area contributed by atoms with Gasteiger partial charge in [0, 0.05) is 18.0 Å². The number of pyridine rings is 1. The van der Waals surface area contributed by atoms with Crippen molar-refractivity contribution in [3.8, 4) is 0 Å². The van der Waals surface area contributed by atoms with Gasteiger partial charge in [0.25, 0.3) is 0 Å². The lowest BCUT2D eigenvalue weighted by atomic mass is 9.82. The van der Waals surface area contributed by atoms with Crippen LogP contribution in [0.1, 0.15) is 12.5 Å². The fraction of sp³-hybridized carbons (Fsp3) is 0.615. The third-order valence-corrected chi connectivity index (χ3v) is 3.77. The number of aliphatic hydroxyl groups is 1. The summed E-state index contributed by atoms with van der Waals surface area (Å²) < 4.78 is 170. The maximum Gasteiger partial charge on any atom is 0.460 e. The van der Waals surface area contributed by atoms with E-state index in [1.807, 2.05) is 0 Å². The topological polar surface area (TPSA) is 33.1 Å². The van der Waals surface area contributed by atoms with Gasteiger partial charge in [-0.2, -0.15) is 57.1 Å². The van der Waals surface area contributed by atoms with E-state index in [1.54, 1.807) is 0 Å². The summed E-state index contributed by atoms with van der Waals surface area (Å²) in [6.07, 6.45) is -6.43. The molecule has 0 aliphatic heterocycles. The van der Waals surface area contributed by atoms with Crippen LogP contribution in [-0.4, -0.2) is 45.9 Å². The average molecular weight is 441 g/mol. The van der Waals surface area contributed by atoms with Crippen LogP contribution in [0.2, 0.25) is 0 Å². The molecular weight excluding hydrogens is 433 g/mol. The minimum Gasteiger partial charge on any atom is -0.379 e. The van der Waals surface area contributed by atoms with Gasteiger partial charge in [0.1, 0.15) is 0 Å². The zero-order valence-corrected chi connectivity index (χ0v) is 13.1. The van der Waals surface area contributed by atoms with E-state index in [2.05, 4.69) is 4.98 Å². The highest BCUT2D eigenvalue weighted by Crippen LogP contribution is 2.62. The molecule has 0 bridgehead atoms. The molecular formula is C13H8F13NO. The lowest BCUT2D eigenvalue weighted by Crippen LogP contribution is -2.72. The van der Waals surface area contributed by atoms with Crippen LogP contribution in [0.15, 0.2) is 24.5 Å². The number of aromatic nitrogens is 1. The summed E-state index contributed by atoms with van der Waals surface area (Å²) in [4.78, 5) is 3.09. The van der Waals surface area contributed by atoms with Gasteiger partial charge < -0.3 is 5.11 Å². The van der Waals surface area contributed by atoms with Crippen LogP contribution in [0.5, 0.6) is 0 Å². The van der Waals surface area contributed by atoms with Crippen molar-refractivity contribution in [2.24, 2.45) is 0 Å². The van der Waals surface area contributed by atoms with Crippen LogP contribution in [-0.2, 0) is 5.60 Å². The van der Waals surface area contributed by atoms with Gasteiger partial charge in [0.05, 0.1) is 0 Å². The highest BCUT2D eigenvalue weighted by molar-refractivity contribution is 5.24. The quantitative estimate of drug-likeness (QED) is 0.629. The van der Waals surface area contributed by atoms with Crippen LogP contribution < -0.4 is 0 Å². The highest BCUT2D eigenvalue weighted by atomic mass is 19.4. The molecule has 1 N–H and O–H groups in total. The summed E-state index contributed by atoms with van der Waals surface area (Å²) >= 11 is 0. The number of halogens is 13. The first-order valence-corrected chi connectivity index (χ1v) is 6.69. The van der Waals surface area contributed by atoms with E-state index in [4.69, 9.17) is 0 Å². The van der Waals surface area contributed by atoms with Gasteiger partial charge in [0.2, 0.25) is 0 Å². The van der Waals surface area contributed by atoms with Crippen molar-refractivity contribution in [1.82, 2.24) is 4.98 Å². The predicted molar refractivity (Wildman–Crippen MR) is 64.6 cm³/mol. The van der Waals surface area contributed by atoms with Crippen molar-refractivity contribution in [3.63, 3.8) is 0 Å². The Bertz CT molecular complexity index is 696. The Balaban J connectivity index is 3.62. The standard InChI is InChI=1S/C13H8F13NO/c1-7(28,6-3-2-4-27-5-6)8(14,15)9(16,17)10(18,19)11(20,21)12(22,23)13(24,25)26/h2-5,28H,1H3. The summed E-state index contributed by atoms with van der Waals surface area (Å²) in [7, 11) is 0. The van der Waals surface area contributed by atoms with Gasteiger partial charge in [0.15, 0.2) is 5.60 Å². The minimum atomic E-state index is -8.02. The molecule has 1 rings (SSSR count). The van der Waals surface area contributed by atoms with E-state index >= 15 is 0 Å². The summed E-state index contributed by atoms with van der Waals surface area (Å²) in [5.41, 5.74) is -5.78. The molecule has 0 saturated heterocycles. The van der Waals surface area contributed by atoms with Gasteiger partial charge >= 0.3 is 35.8 Å². The largest absolute Gasteiger partial charge is 0.460 e. The van der Waals surface area contributed by atoms with E-state index in [0.717, 1.165) is 12.3 Å². The second-order valence-electron chi connectivity index (χ2n) is 5.68. The molecule has 28 heavy (non-hydrogen) atoms. The van der Waals surface area contributed by atoms with Gasteiger partial charge in [-0.15, -0.1) is 0 Å². The molecule has 1 atom stereocenters. The van der Waals surface area contributed by atoms with Crippen molar-refractivity contribution in [2.45, 2.75) is 48.3 Å². The molecule has 2 nitrogen and oxygen atoms in total. The molecule has 0 fully saturated rings. The van der Waals surface area contributed by atoms with Crippen molar-refractivity contribution in [2.75, 3.05) is 0 Å². The van der Waals surface area contributed by atoms with Crippen molar-refractivity contribution in [1.29, 1.82) is 0 Å². The molecule has 15 heteroatoms. The van der Waals surface area contributed by atoms with E-state index < -0.39 is 47.0 Å². The number of hydrogen-bond acceptors (Lipinski definition) is 2. The Morgan fingerprint density at radius 1 is 0.679 bits per heavy atom. The van der Waals surface area contributed by atoms with Crippen LogP contribution in [0.3, 0.4) is 0 Å². The molecule has 0 aliphatic carbocycles. The summed E-state index contributed by atoms with van der Waals surface area (Å²) in [5.74, 6) is -38.1. The SMILES string of the molecule is CC(O)(c1cccnc1)C(F)(F)C(F)(F)C(F)(F)C(F)(F)C(F)(F)C(F)(F)F. The van der Waals surface area contributed by atoms with Gasteiger partial charge in [-0.05, 0) is 13.0 Å². The fourth-order valence-corrected chi connectivity index (χ4v) is 1.91. The monoisotopic (exact) mass is 441 g/mol. The maximum absolute atomic E-state index is 14.0. The minimum absolute atomic E-state index is 0.227. The molecule has 0 saturated carbocycles. The first-order valence-electron chi connectivity index (χ1n) is 6.69. The Hall–Kier alpha value is -1.80. The Labute approximate surface area is 147 Å². The lowest BCUT2D eigenvalue weighted by molar-refractivity contribution is -0.450. The van der Waals surface area contributed by atoms with Gasteiger partial charge in [-0.1, -0.05) is 6.07 Å². The normalized spacial score (nSPS) is 17.4. The number of rotatable bonds is 6.